The van der Waals surface area contributed by atoms with Crippen LogP contribution in [0.25, 0.3) is 0 Å². The highest BCUT2D eigenvalue weighted by Gasteiger charge is 2.28. The molecule has 1 heterocycles. The number of hydrogen-bond acceptors (Lipinski definition) is 7. The second kappa shape index (κ2) is 4.81. The van der Waals surface area contributed by atoms with Gasteiger partial charge >= 0.3 is 5.97 Å². The van der Waals surface area contributed by atoms with Gasteiger partial charge in [0.05, 0.1) is 11.0 Å². The first-order valence-electron chi connectivity index (χ1n) is 5.21. The summed E-state index contributed by atoms with van der Waals surface area (Å²) in [6.07, 6.45) is -1.00. The van der Waals surface area contributed by atoms with Crippen molar-refractivity contribution in [2.75, 3.05) is 6.79 Å². The van der Waals surface area contributed by atoms with Crippen molar-refractivity contribution in [3.05, 3.63) is 27.8 Å². The first-order chi connectivity index (χ1) is 9.02. The van der Waals surface area contributed by atoms with Crippen molar-refractivity contribution in [2.24, 2.45) is 0 Å². The number of nitrogens with zero attached hydrogens (tertiary/aromatic N) is 2. The van der Waals surface area contributed by atoms with Crippen molar-refractivity contribution in [1.82, 2.24) is 0 Å². The van der Waals surface area contributed by atoms with Crippen LogP contribution in [-0.2, 0) is 4.74 Å². The van der Waals surface area contributed by atoms with Crippen LogP contribution in [0.4, 0.5) is 5.69 Å². The van der Waals surface area contributed by atoms with Crippen LogP contribution in [0.3, 0.4) is 0 Å². The molecule has 0 spiro atoms. The third-order valence-electron chi connectivity index (χ3n) is 2.37. The van der Waals surface area contributed by atoms with Gasteiger partial charge in [-0.05, 0) is 6.92 Å². The van der Waals surface area contributed by atoms with E-state index in [0.717, 1.165) is 6.07 Å². The maximum atomic E-state index is 11.8. The molecule has 1 aromatic carbocycles. The molecule has 1 aliphatic rings. The van der Waals surface area contributed by atoms with Gasteiger partial charge in [0, 0.05) is 6.07 Å². The van der Waals surface area contributed by atoms with E-state index in [1.165, 1.54) is 13.0 Å². The average Bonchev–Trinajstić information content (AvgIpc) is 2.83. The van der Waals surface area contributed by atoms with Gasteiger partial charge in [0.25, 0.3) is 5.69 Å². The molecular formula is C11H8N2O6. The Hall–Kier alpha value is -2.82. The highest BCUT2D eigenvalue weighted by atomic mass is 16.7. The van der Waals surface area contributed by atoms with Crippen LogP contribution >= 0.6 is 0 Å². The maximum Gasteiger partial charge on any atom is 0.346 e. The molecule has 1 aliphatic heterocycles. The standard InChI is InChI=1S/C11H8N2O6/c1-6(4-12)19-11(14)7-2-9-10(18-5-17-9)3-8(7)13(15)16/h2-3,6H,5H2,1H3. The monoisotopic (exact) mass is 264 g/mol. The lowest BCUT2D eigenvalue weighted by atomic mass is 10.1. The van der Waals surface area contributed by atoms with E-state index >= 15 is 0 Å². The Morgan fingerprint density at radius 3 is 2.74 bits per heavy atom. The lowest BCUT2D eigenvalue weighted by Gasteiger charge is -2.07. The van der Waals surface area contributed by atoms with Gasteiger partial charge in [-0.2, -0.15) is 5.26 Å². The number of rotatable bonds is 3. The SMILES string of the molecule is CC(C#N)OC(=O)c1cc2c(cc1[N+](=O)[O-])OCO2. The molecule has 1 atom stereocenters. The summed E-state index contributed by atoms with van der Waals surface area (Å²) in [6, 6.07) is 3.96. The zero-order valence-corrected chi connectivity index (χ0v) is 9.78. The molecule has 0 fully saturated rings. The zero-order chi connectivity index (χ0) is 14.0. The van der Waals surface area contributed by atoms with Crippen molar-refractivity contribution >= 4 is 11.7 Å². The number of hydrogen-bond donors (Lipinski definition) is 0. The summed E-state index contributed by atoms with van der Waals surface area (Å²) in [5.41, 5.74) is -0.740. The predicted molar refractivity (Wildman–Crippen MR) is 59.7 cm³/mol. The Kier molecular flexibility index (Phi) is 3.20. The fourth-order valence-electron chi connectivity index (χ4n) is 1.50. The van der Waals surface area contributed by atoms with E-state index in [1.807, 2.05) is 0 Å². The van der Waals surface area contributed by atoms with Crippen LogP contribution in [0.15, 0.2) is 12.1 Å². The van der Waals surface area contributed by atoms with Gasteiger partial charge in [-0.25, -0.2) is 4.79 Å². The molecular weight excluding hydrogens is 256 g/mol. The first-order valence-corrected chi connectivity index (χ1v) is 5.21. The summed E-state index contributed by atoms with van der Waals surface area (Å²) in [5.74, 6) is -0.544. The summed E-state index contributed by atoms with van der Waals surface area (Å²) in [7, 11) is 0. The molecule has 0 saturated carbocycles. The van der Waals surface area contributed by atoms with Crippen LogP contribution in [0.2, 0.25) is 0 Å². The quantitative estimate of drug-likeness (QED) is 0.460. The Balaban J connectivity index is 2.41. The van der Waals surface area contributed by atoms with E-state index < -0.39 is 22.7 Å². The zero-order valence-electron chi connectivity index (χ0n) is 9.78. The summed E-state index contributed by atoms with van der Waals surface area (Å²) in [5, 5.41) is 19.5. The molecule has 8 nitrogen and oxygen atoms in total. The van der Waals surface area contributed by atoms with E-state index in [0.29, 0.717) is 0 Å². The van der Waals surface area contributed by atoms with Gasteiger partial charge in [0.2, 0.25) is 6.79 Å². The number of nitro benzene ring substituents is 1. The Morgan fingerprint density at radius 1 is 1.53 bits per heavy atom. The molecule has 0 N–H and O–H groups in total. The number of carbonyl (C=O) groups excluding carboxylic acids is 1. The topological polar surface area (TPSA) is 112 Å². The van der Waals surface area contributed by atoms with E-state index in [-0.39, 0.29) is 23.9 Å². The van der Waals surface area contributed by atoms with Crippen LogP contribution in [0.5, 0.6) is 11.5 Å². The third-order valence-corrected chi connectivity index (χ3v) is 2.37. The predicted octanol–water partition coefficient (Wildman–Crippen LogP) is 1.39. The molecule has 8 heteroatoms. The second-order valence-electron chi connectivity index (χ2n) is 3.66. The van der Waals surface area contributed by atoms with Crippen LogP contribution in [0.1, 0.15) is 17.3 Å². The number of fused-ring (bicyclic) bond motifs is 1. The molecule has 19 heavy (non-hydrogen) atoms. The van der Waals surface area contributed by atoms with Gasteiger partial charge in [0.15, 0.2) is 17.6 Å². The highest BCUT2D eigenvalue weighted by Crippen LogP contribution is 2.38. The molecule has 0 bridgehead atoms. The van der Waals surface area contributed by atoms with Gasteiger partial charge < -0.3 is 14.2 Å². The molecule has 0 saturated heterocycles. The summed E-state index contributed by atoms with van der Waals surface area (Å²) >= 11 is 0. The van der Waals surface area contributed by atoms with Crippen molar-refractivity contribution < 1.29 is 23.9 Å². The fourth-order valence-corrected chi connectivity index (χ4v) is 1.50. The van der Waals surface area contributed by atoms with Crippen molar-refractivity contribution in [3.63, 3.8) is 0 Å². The van der Waals surface area contributed by atoms with Crippen molar-refractivity contribution in [1.29, 1.82) is 5.26 Å². The normalized spacial score (nSPS) is 13.5. The van der Waals surface area contributed by atoms with E-state index in [2.05, 4.69) is 0 Å². The van der Waals surface area contributed by atoms with Crippen LogP contribution in [-0.4, -0.2) is 23.8 Å². The van der Waals surface area contributed by atoms with Gasteiger partial charge in [-0.1, -0.05) is 0 Å². The second-order valence-corrected chi connectivity index (χ2v) is 3.66. The summed E-state index contributed by atoms with van der Waals surface area (Å²) in [4.78, 5) is 22.0. The van der Waals surface area contributed by atoms with Crippen LogP contribution < -0.4 is 9.47 Å². The number of benzene rings is 1. The number of carbonyl (C=O) groups is 1. The lowest BCUT2D eigenvalue weighted by Crippen LogP contribution is -2.14. The Morgan fingerprint density at radius 2 is 2.16 bits per heavy atom. The minimum absolute atomic E-state index is 0.0699. The number of nitro groups is 1. The van der Waals surface area contributed by atoms with Crippen molar-refractivity contribution in [2.45, 2.75) is 13.0 Å². The molecule has 1 unspecified atom stereocenters. The van der Waals surface area contributed by atoms with E-state index in [9.17, 15) is 14.9 Å². The molecule has 0 amide bonds. The largest absolute Gasteiger partial charge is 0.454 e. The number of esters is 1. The summed E-state index contributed by atoms with van der Waals surface area (Å²) < 4.78 is 14.8. The van der Waals surface area contributed by atoms with Crippen molar-refractivity contribution in [3.8, 4) is 17.6 Å². The van der Waals surface area contributed by atoms with Gasteiger partial charge in [0.1, 0.15) is 11.6 Å². The average molecular weight is 264 g/mol. The lowest BCUT2D eigenvalue weighted by molar-refractivity contribution is -0.385. The van der Waals surface area contributed by atoms with E-state index in [1.54, 1.807) is 6.07 Å². The minimum Gasteiger partial charge on any atom is -0.454 e. The Labute approximate surface area is 107 Å². The molecule has 0 radical (unpaired) electrons. The smallest absolute Gasteiger partial charge is 0.346 e. The van der Waals surface area contributed by atoms with Crippen LogP contribution in [0, 0.1) is 21.4 Å². The Bertz CT molecular complexity index is 592. The highest BCUT2D eigenvalue weighted by molar-refractivity contribution is 5.95. The van der Waals surface area contributed by atoms with Gasteiger partial charge in [-0.3, -0.25) is 10.1 Å². The molecule has 1 aromatic rings. The maximum absolute atomic E-state index is 11.8. The van der Waals surface area contributed by atoms with E-state index in [4.69, 9.17) is 19.5 Å². The molecule has 0 aromatic heterocycles. The summed E-state index contributed by atoms with van der Waals surface area (Å²) in [6.45, 7) is 1.29. The molecule has 0 aliphatic carbocycles. The molecule has 2 rings (SSSR count). The minimum atomic E-state index is -1.00. The fraction of sp³-hybridized carbons (Fsp3) is 0.273. The number of nitriles is 1. The first kappa shape index (κ1) is 12.6. The molecule has 98 valence electrons. The number of ether oxygens (including phenoxy) is 3. The third kappa shape index (κ3) is 2.40. The van der Waals surface area contributed by atoms with Gasteiger partial charge in [-0.15, -0.1) is 0 Å².